The van der Waals surface area contributed by atoms with E-state index in [0.29, 0.717) is 16.9 Å². The van der Waals surface area contributed by atoms with Crippen LogP contribution in [0.15, 0.2) is 42.5 Å². The smallest absolute Gasteiger partial charge is 0.337 e. The molecule has 0 radical (unpaired) electrons. The Morgan fingerprint density at radius 3 is 1.40 bits per heavy atom. The minimum absolute atomic E-state index is 0.0512. The van der Waals surface area contributed by atoms with Crippen LogP contribution >= 0.6 is 69.6 Å². The molecule has 0 saturated heterocycles. The van der Waals surface area contributed by atoms with E-state index in [2.05, 4.69) is 4.74 Å². The number of hydrogen-bond donors (Lipinski definition) is 1. The Morgan fingerprint density at radius 2 is 1.02 bits per heavy atom. The summed E-state index contributed by atoms with van der Waals surface area (Å²) >= 11 is 36.4. The first-order chi connectivity index (χ1) is 22.7. The zero-order valence-electron chi connectivity index (χ0n) is 24.1. The normalized spacial score (nSPS) is 9.83. The number of aromatic carboxylic acids is 1. The van der Waals surface area contributed by atoms with Crippen LogP contribution in [0.4, 0.5) is 0 Å². The lowest BCUT2D eigenvalue weighted by Gasteiger charge is -2.14. The lowest BCUT2D eigenvalue weighted by molar-refractivity contribution is 0.0599. The van der Waals surface area contributed by atoms with Gasteiger partial charge in [-0.2, -0.15) is 21.0 Å². The number of hydrogen-bond acceptors (Lipinski definition) is 9. The second-order valence-corrected chi connectivity index (χ2v) is 11.3. The fraction of sp³-hybridized carbons (Fsp3) is 0.0625. The van der Waals surface area contributed by atoms with Gasteiger partial charge in [0, 0.05) is 0 Å². The van der Waals surface area contributed by atoms with Crippen molar-refractivity contribution in [2.75, 3.05) is 7.11 Å². The highest BCUT2D eigenvalue weighted by Crippen LogP contribution is 2.46. The van der Waals surface area contributed by atoms with E-state index in [4.69, 9.17) is 105 Å². The standard InChI is InChI=1S/2C16H7Cl3N2O3/c1-23-16(22)8-2-4-9(5-3-8)24-15-13(18)11(7-21)10(6-20)12(17)14(15)19;1-7-4-8(2-3-9(7)16(22)23)24-15-13(18)11(6-21)10(5-20)12(17)14(15)19/h2-5H,1H3;2-4H,1H3,(H,22,23). The molecular formula is C32H14Cl6N4O6. The molecule has 0 unspecified atom stereocenters. The zero-order valence-corrected chi connectivity index (χ0v) is 28.6. The minimum atomic E-state index is -1.07. The van der Waals surface area contributed by atoms with Crippen molar-refractivity contribution in [3.63, 3.8) is 0 Å². The van der Waals surface area contributed by atoms with Gasteiger partial charge in [0.25, 0.3) is 0 Å². The van der Waals surface area contributed by atoms with Gasteiger partial charge >= 0.3 is 11.9 Å². The van der Waals surface area contributed by atoms with E-state index >= 15 is 0 Å². The number of carboxylic acid groups (broad SMARTS) is 1. The van der Waals surface area contributed by atoms with Crippen molar-refractivity contribution in [3.05, 3.63) is 112 Å². The molecule has 4 rings (SSSR count). The third-order valence-electron chi connectivity index (χ3n) is 6.15. The molecule has 48 heavy (non-hydrogen) atoms. The van der Waals surface area contributed by atoms with Crippen LogP contribution in [-0.2, 0) is 4.74 Å². The minimum Gasteiger partial charge on any atom is -0.478 e. The Bertz CT molecular complexity index is 2150. The fourth-order valence-corrected chi connectivity index (χ4v) is 5.37. The molecule has 0 aromatic heterocycles. The van der Waals surface area contributed by atoms with Gasteiger partial charge in [0.1, 0.15) is 55.9 Å². The van der Waals surface area contributed by atoms with Crippen LogP contribution < -0.4 is 9.47 Å². The third-order valence-corrected chi connectivity index (χ3v) is 8.54. The summed E-state index contributed by atoms with van der Waals surface area (Å²) in [5.41, 5.74) is 0.374. The molecule has 0 aliphatic carbocycles. The number of aryl methyl sites for hydroxylation is 1. The fourth-order valence-electron chi connectivity index (χ4n) is 3.83. The van der Waals surface area contributed by atoms with E-state index in [1.165, 1.54) is 49.6 Å². The largest absolute Gasteiger partial charge is 0.478 e. The number of carbonyl (C=O) groups is 2. The summed E-state index contributed by atoms with van der Waals surface area (Å²) in [6.07, 6.45) is 0. The van der Waals surface area contributed by atoms with Gasteiger partial charge in [-0.25, -0.2) is 9.59 Å². The maximum atomic E-state index is 11.4. The molecule has 0 fully saturated rings. The molecule has 4 aromatic rings. The Balaban J connectivity index is 0.000000260. The molecule has 0 atom stereocenters. The Labute approximate surface area is 302 Å². The summed E-state index contributed by atoms with van der Waals surface area (Å²) in [6, 6.07) is 17.4. The molecule has 0 spiro atoms. The van der Waals surface area contributed by atoms with Gasteiger partial charge < -0.3 is 19.3 Å². The van der Waals surface area contributed by atoms with Gasteiger partial charge in [0.2, 0.25) is 0 Å². The highest BCUT2D eigenvalue weighted by Gasteiger charge is 2.24. The number of benzene rings is 4. The average Bonchev–Trinajstić information content (AvgIpc) is 3.08. The molecule has 0 bridgehead atoms. The first-order valence-corrected chi connectivity index (χ1v) is 14.9. The number of ether oxygens (including phenoxy) is 3. The SMILES string of the molecule is COC(=O)c1ccc(Oc2c(Cl)c(Cl)c(C#N)c(C#N)c2Cl)cc1.Cc1cc(Oc2c(Cl)c(Cl)c(C#N)c(C#N)c2Cl)ccc1C(=O)O. The first-order valence-electron chi connectivity index (χ1n) is 12.6. The predicted molar refractivity (Wildman–Crippen MR) is 178 cm³/mol. The molecule has 0 heterocycles. The van der Waals surface area contributed by atoms with Crippen LogP contribution in [0.5, 0.6) is 23.0 Å². The van der Waals surface area contributed by atoms with E-state index in [-0.39, 0.29) is 75.2 Å². The van der Waals surface area contributed by atoms with Crippen molar-refractivity contribution in [1.82, 2.24) is 0 Å². The van der Waals surface area contributed by atoms with Gasteiger partial charge in [-0.15, -0.1) is 0 Å². The number of halogens is 6. The lowest BCUT2D eigenvalue weighted by Crippen LogP contribution is -2.00. The van der Waals surface area contributed by atoms with E-state index in [9.17, 15) is 9.59 Å². The molecule has 0 saturated carbocycles. The van der Waals surface area contributed by atoms with Crippen LogP contribution in [-0.4, -0.2) is 24.2 Å². The van der Waals surface area contributed by atoms with Crippen molar-refractivity contribution in [2.45, 2.75) is 6.92 Å². The second-order valence-electron chi connectivity index (χ2n) is 8.99. The number of carbonyl (C=O) groups excluding carboxylic acids is 1. The Hall–Kier alpha value is -4.88. The number of rotatable bonds is 6. The summed E-state index contributed by atoms with van der Waals surface area (Å²) in [4.78, 5) is 22.4. The molecule has 0 amide bonds. The van der Waals surface area contributed by atoms with Gasteiger partial charge in [0.05, 0.1) is 50.5 Å². The lowest BCUT2D eigenvalue weighted by atomic mass is 10.1. The van der Waals surface area contributed by atoms with E-state index in [1.807, 2.05) is 0 Å². The van der Waals surface area contributed by atoms with Crippen LogP contribution in [0.1, 0.15) is 48.5 Å². The third kappa shape index (κ3) is 7.80. The van der Waals surface area contributed by atoms with Gasteiger partial charge in [0.15, 0.2) is 11.5 Å². The number of esters is 1. The van der Waals surface area contributed by atoms with Crippen molar-refractivity contribution < 1.29 is 28.9 Å². The van der Waals surface area contributed by atoms with E-state index < -0.39 is 11.9 Å². The summed E-state index contributed by atoms with van der Waals surface area (Å²) in [6.45, 7) is 1.60. The summed E-state index contributed by atoms with van der Waals surface area (Å²) in [7, 11) is 1.27. The van der Waals surface area contributed by atoms with Crippen LogP contribution in [0, 0.1) is 52.2 Å². The Kier molecular flexibility index (Phi) is 12.8. The molecule has 240 valence electrons. The Morgan fingerprint density at radius 1 is 0.625 bits per heavy atom. The van der Waals surface area contributed by atoms with Crippen LogP contribution in [0.3, 0.4) is 0 Å². The summed E-state index contributed by atoms with van der Waals surface area (Å²) in [5.74, 6) is -1.14. The molecule has 10 nitrogen and oxygen atoms in total. The maximum absolute atomic E-state index is 11.4. The van der Waals surface area contributed by atoms with Crippen molar-refractivity contribution in [2.24, 2.45) is 0 Å². The molecule has 4 aromatic carbocycles. The van der Waals surface area contributed by atoms with Crippen LogP contribution in [0.2, 0.25) is 30.1 Å². The molecule has 1 N–H and O–H groups in total. The number of nitrogens with zero attached hydrogens (tertiary/aromatic N) is 4. The zero-order chi connectivity index (χ0) is 35.9. The van der Waals surface area contributed by atoms with Crippen molar-refractivity contribution in [1.29, 1.82) is 21.0 Å². The quantitative estimate of drug-likeness (QED) is 0.147. The van der Waals surface area contributed by atoms with E-state index in [0.717, 1.165) is 0 Å². The number of nitriles is 4. The van der Waals surface area contributed by atoms with Crippen molar-refractivity contribution >= 4 is 81.5 Å². The summed E-state index contributed by atoms with van der Waals surface area (Å²) in [5, 5.41) is 44.8. The summed E-state index contributed by atoms with van der Waals surface area (Å²) < 4.78 is 15.7. The second kappa shape index (κ2) is 16.3. The molecule has 16 heteroatoms. The first kappa shape index (κ1) is 37.6. The van der Waals surface area contributed by atoms with Gasteiger partial charge in [-0.1, -0.05) is 69.6 Å². The molecular weight excluding hydrogens is 749 g/mol. The molecule has 0 aliphatic heterocycles. The average molecular weight is 763 g/mol. The predicted octanol–water partition coefficient (Wildman–Crippen LogP) is 10.2. The topological polar surface area (TPSA) is 177 Å². The van der Waals surface area contributed by atoms with Crippen LogP contribution in [0.25, 0.3) is 0 Å². The van der Waals surface area contributed by atoms with E-state index in [1.54, 1.807) is 31.2 Å². The van der Waals surface area contributed by atoms with Gasteiger partial charge in [-0.05, 0) is 55.0 Å². The highest BCUT2D eigenvalue weighted by molar-refractivity contribution is 6.46. The monoisotopic (exact) mass is 760 g/mol. The number of carboxylic acids is 1. The van der Waals surface area contributed by atoms with Gasteiger partial charge in [-0.3, -0.25) is 0 Å². The number of methoxy groups -OCH3 is 1. The molecule has 0 aliphatic rings. The maximum Gasteiger partial charge on any atom is 0.337 e. The highest BCUT2D eigenvalue weighted by atomic mass is 35.5. The van der Waals surface area contributed by atoms with Crippen molar-refractivity contribution in [3.8, 4) is 47.3 Å².